The number of thiocyanates is 1. The molecule has 3 aliphatic rings. The molecule has 3 fully saturated rings. The van der Waals surface area contributed by atoms with Crippen LogP contribution < -0.4 is 26.6 Å². The molecule has 1 saturated heterocycles. The molecular formula is C20H37MnN7S2+. The van der Waals surface area contributed by atoms with Crippen molar-refractivity contribution in [3.05, 3.63) is 5.41 Å². The summed E-state index contributed by atoms with van der Waals surface area (Å²) in [7, 11) is 0. The van der Waals surface area contributed by atoms with Crippen molar-refractivity contribution < 1.29 is 17.1 Å². The average Bonchev–Trinajstić information content (AvgIpc) is 2.73. The Morgan fingerprint density at radius 2 is 0.933 bits per heavy atom. The van der Waals surface area contributed by atoms with Crippen LogP contribution in [0.2, 0.25) is 0 Å². The number of hydrogen-bond donors (Lipinski definition) is 5. The third kappa shape index (κ3) is 13.3. The summed E-state index contributed by atoms with van der Waals surface area (Å²) in [6, 6.07) is 2.65. The molecule has 0 spiro atoms. The zero-order chi connectivity index (χ0) is 21.2. The molecule has 0 amide bonds. The van der Waals surface area contributed by atoms with Crippen LogP contribution in [0.15, 0.2) is 0 Å². The third-order valence-electron chi connectivity index (χ3n) is 5.89. The fourth-order valence-electron chi connectivity index (χ4n) is 4.57. The SMILES string of the molecule is C1CCC2NCCNC3CCCCC3NCCNCCNC2C1.N#C[S-].[Mn+3].[N-]=C=S. The monoisotopic (exact) mass is 494 g/mol. The molecule has 0 aromatic heterocycles. The number of fused-ring (bicyclic) bond motifs is 2. The van der Waals surface area contributed by atoms with E-state index in [1.54, 1.807) is 0 Å². The average molecular weight is 495 g/mol. The van der Waals surface area contributed by atoms with Gasteiger partial charge < -0.3 is 44.6 Å². The first-order valence-electron chi connectivity index (χ1n) is 10.9. The van der Waals surface area contributed by atoms with E-state index in [4.69, 9.17) is 10.7 Å². The summed E-state index contributed by atoms with van der Waals surface area (Å²) in [5, 5.41) is 35.7. The molecule has 30 heavy (non-hydrogen) atoms. The molecule has 4 unspecified atom stereocenters. The predicted octanol–water partition coefficient (Wildman–Crippen LogP) is 1.24. The molecule has 0 aromatic rings. The van der Waals surface area contributed by atoms with E-state index in [1.807, 2.05) is 0 Å². The molecule has 1 heterocycles. The van der Waals surface area contributed by atoms with Crippen LogP contribution in [0, 0.1) is 10.7 Å². The minimum Gasteiger partial charge on any atom is -0.753 e. The Morgan fingerprint density at radius 3 is 1.20 bits per heavy atom. The smallest absolute Gasteiger partial charge is 0.753 e. The number of thiocarbonyl (C=S) groups is 1. The molecule has 0 aromatic carbocycles. The Kier molecular flexibility index (Phi) is 20.6. The maximum atomic E-state index is 7.13. The van der Waals surface area contributed by atoms with Crippen LogP contribution >= 0.6 is 12.2 Å². The van der Waals surface area contributed by atoms with Gasteiger partial charge in [-0.05, 0) is 25.7 Å². The summed E-state index contributed by atoms with van der Waals surface area (Å²) in [4.78, 5) is 0. The minimum atomic E-state index is 0. The zero-order valence-electron chi connectivity index (χ0n) is 17.8. The van der Waals surface area contributed by atoms with E-state index < -0.39 is 0 Å². The molecule has 10 heteroatoms. The van der Waals surface area contributed by atoms with E-state index in [0.29, 0.717) is 24.2 Å². The van der Waals surface area contributed by atoms with Gasteiger partial charge in [0.25, 0.3) is 0 Å². The normalized spacial score (nSPS) is 30.1. The molecule has 1 aliphatic heterocycles. The summed E-state index contributed by atoms with van der Waals surface area (Å²) in [5.41, 5.74) is 0. The zero-order valence-corrected chi connectivity index (χ0v) is 20.6. The molecule has 5 N–H and O–H groups in total. The second-order valence-electron chi connectivity index (χ2n) is 7.74. The van der Waals surface area contributed by atoms with E-state index in [0.717, 1.165) is 39.3 Å². The maximum absolute atomic E-state index is 7.13. The summed E-state index contributed by atoms with van der Waals surface area (Å²) in [6.45, 7) is 6.55. The molecule has 3 rings (SSSR count). The molecule has 2 aliphatic carbocycles. The van der Waals surface area contributed by atoms with Crippen molar-refractivity contribution in [3.63, 3.8) is 0 Å². The molecule has 0 radical (unpaired) electrons. The van der Waals surface area contributed by atoms with Gasteiger partial charge in [-0.25, -0.2) is 5.26 Å². The molecule has 2 saturated carbocycles. The largest absolute Gasteiger partial charge is 3.00 e. The van der Waals surface area contributed by atoms with Crippen molar-refractivity contribution in [2.24, 2.45) is 0 Å². The van der Waals surface area contributed by atoms with Crippen LogP contribution in [0.25, 0.3) is 5.41 Å². The van der Waals surface area contributed by atoms with E-state index in [9.17, 15) is 0 Å². The maximum Gasteiger partial charge on any atom is 3.00 e. The van der Waals surface area contributed by atoms with Crippen LogP contribution in [0.3, 0.4) is 0 Å². The second kappa shape index (κ2) is 20.7. The first-order chi connectivity index (χ1) is 14.3. The Morgan fingerprint density at radius 1 is 0.700 bits per heavy atom. The number of nitrogens with one attached hydrogen (secondary N) is 5. The van der Waals surface area contributed by atoms with Gasteiger partial charge in [0.2, 0.25) is 0 Å². The topological polar surface area (TPSA) is 106 Å². The van der Waals surface area contributed by atoms with Gasteiger partial charge in [-0.3, -0.25) is 0 Å². The van der Waals surface area contributed by atoms with Crippen molar-refractivity contribution in [2.75, 3.05) is 39.3 Å². The van der Waals surface area contributed by atoms with Gasteiger partial charge >= 0.3 is 17.1 Å². The van der Waals surface area contributed by atoms with Crippen LogP contribution in [0.4, 0.5) is 0 Å². The van der Waals surface area contributed by atoms with Gasteiger partial charge in [0.1, 0.15) is 0 Å². The molecular weight excluding hydrogens is 457 g/mol. The summed E-state index contributed by atoms with van der Waals surface area (Å²) >= 11 is 7.40. The van der Waals surface area contributed by atoms with Crippen molar-refractivity contribution in [1.82, 2.24) is 26.6 Å². The van der Waals surface area contributed by atoms with Crippen LogP contribution in [0.5, 0.6) is 0 Å². The number of hydrogen-bond acceptors (Lipinski definition) is 8. The van der Waals surface area contributed by atoms with Crippen molar-refractivity contribution in [2.45, 2.75) is 75.5 Å². The van der Waals surface area contributed by atoms with Gasteiger partial charge in [0.15, 0.2) is 0 Å². The molecule has 0 bridgehead atoms. The van der Waals surface area contributed by atoms with Gasteiger partial charge in [-0.15, -0.1) is 0 Å². The van der Waals surface area contributed by atoms with E-state index in [2.05, 4.69) is 51.4 Å². The Hall–Kier alpha value is -0.171. The Balaban J connectivity index is 0.00000108. The number of isothiocyanates is 1. The summed E-state index contributed by atoms with van der Waals surface area (Å²) in [5.74, 6) is 0. The predicted molar refractivity (Wildman–Crippen MR) is 126 cm³/mol. The van der Waals surface area contributed by atoms with E-state index >= 15 is 0 Å². The second-order valence-corrected chi connectivity index (χ2v) is 8.11. The first kappa shape index (κ1) is 29.8. The fourth-order valence-corrected chi connectivity index (χ4v) is 4.57. The number of rotatable bonds is 0. The summed E-state index contributed by atoms with van der Waals surface area (Å²) < 4.78 is 0. The van der Waals surface area contributed by atoms with Gasteiger partial charge in [0, 0.05) is 63.4 Å². The molecule has 170 valence electrons. The first-order valence-corrected chi connectivity index (χ1v) is 11.7. The Labute approximate surface area is 204 Å². The van der Waals surface area contributed by atoms with E-state index in [-0.39, 0.29) is 17.1 Å². The van der Waals surface area contributed by atoms with Crippen molar-refractivity contribution in [3.8, 4) is 5.40 Å². The fraction of sp³-hybridized carbons (Fsp3) is 0.900. The number of nitrogens with zero attached hydrogens (tertiary/aromatic N) is 2. The minimum absolute atomic E-state index is 0. The van der Waals surface area contributed by atoms with Crippen LogP contribution in [0.1, 0.15) is 51.4 Å². The van der Waals surface area contributed by atoms with Gasteiger partial charge in [-0.2, -0.15) is 5.16 Å². The standard InChI is InChI=1S/C18H37N5.CHNS.CNS.Mn/c1-3-7-17-15(5-1)20-11-9-19-10-12-21-16-6-2-4-8-18(16)23-14-13-22-17;2*2-1-3;/h15-23H,1-14H2;3H;;/q;;-1;+3/p-1. The third-order valence-corrected chi connectivity index (χ3v) is 5.89. The Bertz CT molecular complexity index is 456. The van der Waals surface area contributed by atoms with Crippen LogP contribution in [-0.4, -0.2) is 68.6 Å². The van der Waals surface area contributed by atoms with Crippen molar-refractivity contribution in [1.29, 1.82) is 5.26 Å². The molecule has 7 nitrogen and oxygen atoms in total. The summed E-state index contributed by atoms with van der Waals surface area (Å²) in [6.07, 6.45) is 10.9. The molecule has 4 atom stereocenters. The van der Waals surface area contributed by atoms with E-state index in [1.165, 1.54) is 61.9 Å². The van der Waals surface area contributed by atoms with Gasteiger partial charge in [0.05, 0.1) is 0 Å². The number of nitriles is 1. The quantitative estimate of drug-likeness (QED) is 0.113. The van der Waals surface area contributed by atoms with Crippen LogP contribution in [-0.2, 0) is 29.7 Å². The van der Waals surface area contributed by atoms with Gasteiger partial charge in [-0.1, -0.05) is 43.3 Å². The van der Waals surface area contributed by atoms with Crippen molar-refractivity contribution >= 4 is 30.0 Å².